The average Bonchev–Trinajstić information content (AvgIpc) is 3.46. The minimum absolute atomic E-state index is 0.0111. The fourth-order valence-electron chi connectivity index (χ4n) is 4.02. The number of aromatic amines is 1. The number of amides is 1. The molecule has 3 aromatic rings. The SMILES string of the molecule is O=C(C1CC1)N1CCN(Cc2ccccc2)CC1c1nc2ccccc2[nH]1. The first-order valence-corrected chi connectivity index (χ1v) is 9.79. The van der Waals surface area contributed by atoms with Crippen molar-refractivity contribution in [1.29, 1.82) is 0 Å². The van der Waals surface area contributed by atoms with Gasteiger partial charge in [0.1, 0.15) is 11.9 Å². The van der Waals surface area contributed by atoms with E-state index in [0.717, 1.165) is 55.9 Å². The number of para-hydroxylation sites is 2. The Hall–Kier alpha value is -2.66. The molecule has 0 spiro atoms. The van der Waals surface area contributed by atoms with Gasteiger partial charge >= 0.3 is 0 Å². The molecule has 5 heteroatoms. The van der Waals surface area contributed by atoms with E-state index in [1.807, 2.05) is 30.3 Å². The number of fused-ring (bicyclic) bond motifs is 1. The van der Waals surface area contributed by atoms with Crippen molar-refractivity contribution < 1.29 is 4.79 Å². The van der Waals surface area contributed by atoms with Crippen LogP contribution in [-0.2, 0) is 11.3 Å². The Morgan fingerprint density at radius 2 is 1.81 bits per heavy atom. The highest BCUT2D eigenvalue weighted by molar-refractivity contribution is 5.82. The second kappa shape index (κ2) is 6.82. The number of piperazine rings is 1. The van der Waals surface area contributed by atoms with Crippen molar-refractivity contribution in [2.24, 2.45) is 5.92 Å². The lowest BCUT2D eigenvalue weighted by Gasteiger charge is -2.40. The van der Waals surface area contributed by atoms with E-state index in [1.54, 1.807) is 0 Å². The lowest BCUT2D eigenvalue weighted by molar-refractivity contribution is -0.138. The second-order valence-electron chi connectivity index (χ2n) is 7.68. The number of nitrogens with zero attached hydrogens (tertiary/aromatic N) is 3. The molecule has 0 radical (unpaired) electrons. The van der Waals surface area contributed by atoms with Crippen molar-refractivity contribution in [3.05, 3.63) is 66.0 Å². The van der Waals surface area contributed by atoms with Gasteiger partial charge in [0, 0.05) is 32.1 Å². The lowest BCUT2D eigenvalue weighted by Crippen LogP contribution is -2.51. The molecule has 2 heterocycles. The van der Waals surface area contributed by atoms with E-state index < -0.39 is 0 Å². The monoisotopic (exact) mass is 360 g/mol. The van der Waals surface area contributed by atoms with Gasteiger partial charge in [-0.15, -0.1) is 0 Å². The van der Waals surface area contributed by atoms with Gasteiger partial charge in [0.05, 0.1) is 11.0 Å². The topological polar surface area (TPSA) is 52.2 Å². The smallest absolute Gasteiger partial charge is 0.226 e. The molecule has 0 bridgehead atoms. The van der Waals surface area contributed by atoms with Crippen molar-refractivity contribution in [2.75, 3.05) is 19.6 Å². The minimum atomic E-state index is -0.0111. The summed E-state index contributed by atoms with van der Waals surface area (Å²) < 4.78 is 0. The van der Waals surface area contributed by atoms with Gasteiger partial charge < -0.3 is 9.88 Å². The van der Waals surface area contributed by atoms with Crippen LogP contribution in [0, 0.1) is 5.92 Å². The molecule has 1 atom stereocenters. The van der Waals surface area contributed by atoms with E-state index in [1.165, 1.54) is 5.56 Å². The number of H-pyrrole nitrogens is 1. The summed E-state index contributed by atoms with van der Waals surface area (Å²) in [6, 6.07) is 18.6. The molecule has 5 rings (SSSR count). The molecular weight excluding hydrogens is 336 g/mol. The standard InChI is InChI=1S/C22H24N4O/c27-22(17-10-11-17)26-13-12-25(14-16-6-2-1-3-7-16)15-20(26)21-23-18-8-4-5-9-19(18)24-21/h1-9,17,20H,10-15H2,(H,23,24). The van der Waals surface area contributed by atoms with Crippen LogP contribution < -0.4 is 0 Å². The Morgan fingerprint density at radius 1 is 1.04 bits per heavy atom. The molecule has 27 heavy (non-hydrogen) atoms. The highest BCUT2D eigenvalue weighted by atomic mass is 16.2. The van der Waals surface area contributed by atoms with Gasteiger partial charge in [0.15, 0.2) is 0 Å². The molecule has 2 aliphatic rings. The summed E-state index contributed by atoms with van der Waals surface area (Å²) in [5.74, 6) is 1.44. The fraction of sp³-hybridized carbons (Fsp3) is 0.364. The third kappa shape index (κ3) is 3.35. The molecule has 1 saturated carbocycles. The predicted molar refractivity (Wildman–Crippen MR) is 105 cm³/mol. The van der Waals surface area contributed by atoms with Gasteiger partial charge in [-0.3, -0.25) is 9.69 Å². The summed E-state index contributed by atoms with van der Waals surface area (Å²) in [5.41, 5.74) is 3.31. The summed E-state index contributed by atoms with van der Waals surface area (Å²) in [5, 5.41) is 0. The summed E-state index contributed by atoms with van der Waals surface area (Å²) in [7, 11) is 0. The summed E-state index contributed by atoms with van der Waals surface area (Å²) in [6.45, 7) is 3.39. The van der Waals surface area contributed by atoms with E-state index >= 15 is 0 Å². The van der Waals surface area contributed by atoms with Gasteiger partial charge in [0.2, 0.25) is 5.91 Å². The van der Waals surface area contributed by atoms with Crippen molar-refractivity contribution in [3.8, 4) is 0 Å². The van der Waals surface area contributed by atoms with Crippen molar-refractivity contribution in [1.82, 2.24) is 19.8 Å². The Morgan fingerprint density at radius 3 is 2.59 bits per heavy atom. The molecule has 5 nitrogen and oxygen atoms in total. The molecule has 1 aliphatic carbocycles. The number of aromatic nitrogens is 2. The Labute approximate surface area is 159 Å². The molecule has 1 amide bonds. The average molecular weight is 360 g/mol. The van der Waals surface area contributed by atoms with E-state index in [2.05, 4.69) is 39.0 Å². The normalized spacial score (nSPS) is 20.9. The van der Waals surface area contributed by atoms with Crippen LogP contribution in [0.5, 0.6) is 0 Å². The highest BCUT2D eigenvalue weighted by Crippen LogP contribution is 2.35. The van der Waals surface area contributed by atoms with Crippen molar-refractivity contribution >= 4 is 16.9 Å². The predicted octanol–water partition coefficient (Wildman–Crippen LogP) is 3.36. The maximum Gasteiger partial charge on any atom is 0.226 e. The molecule has 1 unspecified atom stereocenters. The number of nitrogens with one attached hydrogen (secondary N) is 1. The largest absolute Gasteiger partial charge is 0.340 e. The van der Waals surface area contributed by atoms with Crippen LogP contribution >= 0.6 is 0 Å². The number of rotatable bonds is 4. The molecule has 2 aromatic carbocycles. The van der Waals surface area contributed by atoms with Crippen molar-refractivity contribution in [2.45, 2.75) is 25.4 Å². The minimum Gasteiger partial charge on any atom is -0.340 e. The van der Waals surface area contributed by atoms with E-state index in [-0.39, 0.29) is 12.0 Å². The van der Waals surface area contributed by atoms with Crippen LogP contribution in [0.4, 0.5) is 0 Å². The van der Waals surface area contributed by atoms with Gasteiger partial charge in [-0.2, -0.15) is 0 Å². The molecule has 2 fully saturated rings. The number of hydrogen-bond donors (Lipinski definition) is 1. The molecule has 1 aromatic heterocycles. The van der Waals surface area contributed by atoms with Crippen LogP contribution in [0.15, 0.2) is 54.6 Å². The van der Waals surface area contributed by atoms with Crippen LogP contribution in [0.1, 0.15) is 30.3 Å². The molecular formula is C22H24N4O. The number of benzene rings is 2. The summed E-state index contributed by atoms with van der Waals surface area (Å²) >= 11 is 0. The highest BCUT2D eigenvalue weighted by Gasteiger charge is 2.40. The molecule has 138 valence electrons. The third-order valence-corrected chi connectivity index (χ3v) is 5.65. The zero-order valence-electron chi connectivity index (χ0n) is 15.3. The Kier molecular flexibility index (Phi) is 4.17. The molecule has 1 aliphatic heterocycles. The van der Waals surface area contributed by atoms with E-state index in [4.69, 9.17) is 4.98 Å². The first kappa shape index (κ1) is 16.5. The summed E-state index contributed by atoms with van der Waals surface area (Å²) in [4.78, 5) is 25.7. The number of imidazole rings is 1. The first-order valence-electron chi connectivity index (χ1n) is 9.79. The third-order valence-electron chi connectivity index (χ3n) is 5.65. The van der Waals surface area contributed by atoms with Gasteiger partial charge in [0.25, 0.3) is 0 Å². The zero-order valence-corrected chi connectivity index (χ0v) is 15.3. The van der Waals surface area contributed by atoms with Gasteiger partial charge in [-0.05, 0) is 30.5 Å². The zero-order chi connectivity index (χ0) is 18.2. The van der Waals surface area contributed by atoms with Gasteiger partial charge in [-0.25, -0.2) is 4.98 Å². The summed E-state index contributed by atoms with van der Waals surface area (Å²) in [6.07, 6.45) is 2.08. The van der Waals surface area contributed by atoms with Crippen LogP contribution in [-0.4, -0.2) is 45.3 Å². The van der Waals surface area contributed by atoms with E-state index in [0.29, 0.717) is 5.91 Å². The Balaban J connectivity index is 1.43. The Bertz CT molecular complexity index is 914. The quantitative estimate of drug-likeness (QED) is 0.776. The van der Waals surface area contributed by atoms with E-state index in [9.17, 15) is 4.79 Å². The number of carbonyl (C=O) groups is 1. The second-order valence-corrected chi connectivity index (χ2v) is 7.68. The maximum atomic E-state index is 12.9. The van der Waals surface area contributed by atoms with Crippen LogP contribution in [0.25, 0.3) is 11.0 Å². The molecule has 1 N–H and O–H groups in total. The van der Waals surface area contributed by atoms with Crippen molar-refractivity contribution in [3.63, 3.8) is 0 Å². The van der Waals surface area contributed by atoms with Crippen LogP contribution in [0.2, 0.25) is 0 Å². The molecule has 1 saturated heterocycles. The number of hydrogen-bond acceptors (Lipinski definition) is 3. The lowest BCUT2D eigenvalue weighted by atomic mass is 10.1. The number of carbonyl (C=O) groups excluding carboxylic acids is 1. The van der Waals surface area contributed by atoms with Gasteiger partial charge in [-0.1, -0.05) is 42.5 Å². The van der Waals surface area contributed by atoms with Crippen LogP contribution in [0.3, 0.4) is 0 Å². The maximum absolute atomic E-state index is 12.9. The fourth-order valence-corrected chi connectivity index (χ4v) is 4.02. The first-order chi connectivity index (χ1) is 13.3.